The lowest BCUT2D eigenvalue weighted by Gasteiger charge is -2.72. The minimum atomic E-state index is -1.14. The molecule has 0 radical (unpaired) electrons. The summed E-state index contributed by atoms with van der Waals surface area (Å²) >= 11 is 0. The van der Waals surface area contributed by atoms with E-state index >= 15 is 0 Å². The van der Waals surface area contributed by atoms with Crippen molar-refractivity contribution in [2.24, 2.45) is 56.7 Å². The van der Waals surface area contributed by atoms with Crippen molar-refractivity contribution in [1.82, 2.24) is 0 Å². The number of ether oxygens (including phenoxy) is 1. The molecule has 5 nitrogen and oxygen atoms in total. The molecule has 0 aromatic carbocycles. The number of hydrogen-bond donors (Lipinski definition) is 3. The zero-order valence-corrected chi connectivity index (χ0v) is 33.7. The van der Waals surface area contributed by atoms with Crippen molar-refractivity contribution < 1.29 is 24.9 Å². The van der Waals surface area contributed by atoms with Gasteiger partial charge in [0.1, 0.15) is 6.10 Å². The highest BCUT2D eigenvalue weighted by molar-refractivity contribution is 5.79. The first-order chi connectivity index (χ1) is 23.6. The number of aliphatic hydroxyl groups excluding tert-OH is 3. The maximum Gasteiger partial charge on any atom is 0.312 e. The Labute approximate surface area is 307 Å². The summed E-state index contributed by atoms with van der Waals surface area (Å²) in [6.07, 6.45) is 23.2. The SMILES string of the molecule is CCCCCCCCCCCCCCCOC(=O)[C@]12CC[C@@H](C)[C@H](C)[C@H]1C1=CC[C@@H]3[C@@]4(C)[C@@H](O)[C@H](O)[C@H](O)C(C)(C)[C@@H]4CC[C@@]3(C)[C@]1(C)CC2. The Morgan fingerprint density at radius 1 is 0.740 bits per heavy atom. The van der Waals surface area contributed by atoms with Crippen LogP contribution in [0.4, 0.5) is 0 Å². The maximum absolute atomic E-state index is 14.4. The lowest BCUT2D eigenvalue weighted by Crippen LogP contribution is -2.72. The number of carbonyl (C=O) groups excluding carboxylic acids is 1. The standard InChI is InChI=1S/C45H78O5/c1-9-10-11-12-13-14-15-16-17-18-19-20-21-30-50-40(49)45-27-24-31(2)32(3)36(45)33-22-23-35-43(7,42(33,6)28-29-45)26-25-34-41(4,5)38(47)37(46)39(48)44(34,35)8/h22,31-32,34-39,46-48H,9-21,23-30H2,1-8H3/t31-,32+,34+,35+,36+,37-,38+,39+,42-,43-,44+,45+/m1/s1. The molecule has 0 aromatic rings. The molecule has 4 saturated carbocycles. The van der Waals surface area contributed by atoms with Gasteiger partial charge in [-0.15, -0.1) is 0 Å². The van der Waals surface area contributed by atoms with E-state index in [4.69, 9.17) is 4.74 Å². The zero-order chi connectivity index (χ0) is 36.5. The highest BCUT2D eigenvalue weighted by Crippen LogP contribution is 2.75. The normalized spacial score (nSPS) is 43.5. The van der Waals surface area contributed by atoms with E-state index in [9.17, 15) is 20.1 Å². The molecule has 5 heteroatoms. The number of esters is 1. The summed E-state index contributed by atoms with van der Waals surface area (Å²) < 4.78 is 6.26. The zero-order valence-electron chi connectivity index (χ0n) is 33.7. The second-order valence-corrected chi connectivity index (χ2v) is 19.7. The third-order valence-corrected chi connectivity index (χ3v) is 17.0. The predicted octanol–water partition coefficient (Wildman–Crippen LogP) is 10.6. The van der Waals surface area contributed by atoms with Crippen molar-refractivity contribution in [3.63, 3.8) is 0 Å². The van der Waals surface area contributed by atoms with E-state index in [1.54, 1.807) is 0 Å². The van der Waals surface area contributed by atoms with Crippen LogP contribution in [0.2, 0.25) is 0 Å². The average Bonchev–Trinajstić information content (AvgIpc) is 3.08. The van der Waals surface area contributed by atoms with Crippen molar-refractivity contribution in [2.45, 2.75) is 202 Å². The van der Waals surface area contributed by atoms with Gasteiger partial charge in [0.2, 0.25) is 0 Å². The third-order valence-electron chi connectivity index (χ3n) is 17.0. The molecule has 5 aliphatic rings. The quantitative estimate of drug-likeness (QED) is 0.0900. The van der Waals surface area contributed by atoms with Crippen molar-refractivity contribution in [3.05, 3.63) is 11.6 Å². The second-order valence-electron chi connectivity index (χ2n) is 19.7. The molecule has 5 rings (SSSR count). The summed E-state index contributed by atoms with van der Waals surface area (Å²) in [4.78, 5) is 14.4. The van der Waals surface area contributed by atoms with E-state index in [2.05, 4.69) is 61.5 Å². The monoisotopic (exact) mass is 699 g/mol. The molecule has 3 N–H and O–H groups in total. The summed E-state index contributed by atoms with van der Waals surface area (Å²) in [5.74, 6) is 1.52. The Hall–Kier alpha value is -0.910. The van der Waals surface area contributed by atoms with Gasteiger partial charge < -0.3 is 20.1 Å². The molecule has 0 spiro atoms. The Balaban J connectivity index is 1.23. The maximum atomic E-state index is 14.4. The Kier molecular flexibility index (Phi) is 12.7. The number of hydrogen-bond acceptors (Lipinski definition) is 5. The fourth-order valence-electron chi connectivity index (χ4n) is 13.3. The molecule has 0 aromatic heterocycles. The number of unbranched alkanes of at least 4 members (excludes halogenated alkanes) is 12. The van der Waals surface area contributed by atoms with Crippen molar-refractivity contribution in [2.75, 3.05) is 6.61 Å². The fourth-order valence-corrected chi connectivity index (χ4v) is 13.3. The minimum Gasteiger partial charge on any atom is -0.465 e. The molecular weight excluding hydrogens is 620 g/mol. The van der Waals surface area contributed by atoms with E-state index in [1.807, 2.05) is 0 Å². The van der Waals surface area contributed by atoms with Gasteiger partial charge in [-0.25, -0.2) is 0 Å². The lowest BCUT2D eigenvalue weighted by molar-refractivity contribution is -0.278. The molecule has 0 amide bonds. The first-order valence-electron chi connectivity index (χ1n) is 21.6. The van der Waals surface area contributed by atoms with Crippen molar-refractivity contribution in [3.8, 4) is 0 Å². The highest BCUT2D eigenvalue weighted by Gasteiger charge is 2.72. The predicted molar refractivity (Wildman–Crippen MR) is 204 cm³/mol. The second kappa shape index (κ2) is 15.8. The first-order valence-corrected chi connectivity index (χ1v) is 21.6. The third kappa shape index (κ3) is 6.71. The van der Waals surface area contributed by atoms with E-state index in [0.29, 0.717) is 18.4 Å². The summed E-state index contributed by atoms with van der Waals surface area (Å²) in [7, 11) is 0. The summed E-state index contributed by atoms with van der Waals surface area (Å²) in [5.41, 5.74) is -0.105. The van der Waals surface area contributed by atoms with Crippen LogP contribution in [0, 0.1) is 56.7 Å². The molecule has 0 saturated heterocycles. The topological polar surface area (TPSA) is 87.0 Å². The van der Waals surface area contributed by atoms with E-state index in [0.717, 1.165) is 57.8 Å². The smallest absolute Gasteiger partial charge is 0.312 e. The largest absolute Gasteiger partial charge is 0.465 e. The average molecular weight is 699 g/mol. The van der Waals surface area contributed by atoms with Crippen LogP contribution in [-0.4, -0.2) is 46.2 Å². The number of fused-ring (bicyclic) bond motifs is 7. The molecule has 0 aliphatic heterocycles. The number of carbonyl (C=O) groups is 1. The first kappa shape index (κ1) is 40.3. The molecule has 50 heavy (non-hydrogen) atoms. The van der Waals surface area contributed by atoms with Crippen LogP contribution in [0.1, 0.15) is 184 Å². The molecule has 0 bridgehead atoms. The van der Waals surface area contributed by atoms with Gasteiger partial charge in [-0.1, -0.05) is 144 Å². The minimum absolute atomic E-state index is 0.0626. The molecule has 12 atom stereocenters. The van der Waals surface area contributed by atoms with Crippen LogP contribution in [0.3, 0.4) is 0 Å². The van der Waals surface area contributed by atoms with Gasteiger partial charge in [-0.2, -0.15) is 0 Å². The van der Waals surface area contributed by atoms with Gasteiger partial charge in [-0.3, -0.25) is 4.79 Å². The Bertz CT molecular complexity index is 1180. The van der Waals surface area contributed by atoms with Crippen LogP contribution in [0.5, 0.6) is 0 Å². The molecular formula is C45H78O5. The van der Waals surface area contributed by atoms with Crippen molar-refractivity contribution >= 4 is 5.97 Å². The summed E-state index contributed by atoms with van der Waals surface area (Å²) in [6.45, 7) is 19.0. The van der Waals surface area contributed by atoms with E-state index < -0.39 is 34.6 Å². The van der Waals surface area contributed by atoms with Gasteiger partial charge in [0.05, 0.1) is 24.2 Å². The van der Waals surface area contributed by atoms with Crippen LogP contribution < -0.4 is 0 Å². The number of allylic oxidation sites excluding steroid dienone is 2. The van der Waals surface area contributed by atoms with Gasteiger partial charge in [0.25, 0.3) is 0 Å². The van der Waals surface area contributed by atoms with Gasteiger partial charge in [0, 0.05) is 5.41 Å². The van der Waals surface area contributed by atoms with Crippen LogP contribution in [-0.2, 0) is 9.53 Å². The lowest BCUT2D eigenvalue weighted by atomic mass is 9.33. The van der Waals surface area contributed by atoms with E-state index in [1.165, 1.54) is 76.2 Å². The number of rotatable bonds is 15. The molecule has 288 valence electrons. The van der Waals surface area contributed by atoms with Gasteiger partial charge in [-0.05, 0) is 97.2 Å². The van der Waals surface area contributed by atoms with Crippen molar-refractivity contribution in [1.29, 1.82) is 0 Å². The summed E-state index contributed by atoms with van der Waals surface area (Å²) in [5, 5.41) is 34.1. The Morgan fingerprint density at radius 3 is 1.92 bits per heavy atom. The fraction of sp³-hybridized carbons (Fsp3) is 0.933. The van der Waals surface area contributed by atoms with Gasteiger partial charge >= 0.3 is 5.97 Å². The molecule has 0 heterocycles. The number of aliphatic hydroxyl groups is 3. The molecule has 5 aliphatic carbocycles. The summed E-state index contributed by atoms with van der Waals surface area (Å²) in [6, 6.07) is 0. The van der Waals surface area contributed by atoms with Crippen LogP contribution >= 0.6 is 0 Å². The molecule has 0 unspecified atom stereocenters. The van der Waals surface area contributed by atoms with Gasteiger partial charge in [0.15, 0.2) is 0 Å². The molecule has 4 fully saturated rings. The highest BCUT2D eigenvalue weighted by atomic mass is 16.5. The van der Waals surface area contributed by atoms with E-state index in [-0.39, 0.29) is 34.6 Å². The van der Waals surface area contributed by atoms with Crippen LogP contribution in [0.25, 0.3) is 0 Å². The Morgan fingerprint density at radius 2 is 1.32 bits per heavy atom. The van der Waals surface area contributed by atoms with Crippen LogP contribution in [0.15, 0.2) is 11.6 Å².